The summed E-state index contributed by atoms with van der Waals surface area (Å²) in [5.74, 6) is 0.221. The largest absolute Gasteiger partial charge is 0.352 e. The van der Waals surface area contributed by atoms with Crippen LogP contribution in [0.25, 0.3) is 0 Å². The highest BCUT2D eigenvalue weighted by Gasteiger charge is 2.27. The van der Waals surface area contributed by atoms with Gasteiger partial charge in [0.05, 0.1) is 0 Å². The molecule has 0 fully saturated rings. The van der Waals surface area contributed by atoms with Gasteiger partial charge in [-0.1, -0.05) is 13.8 Å². The highest BCUT2D eigenvalue weighted by Crippen LogP contribution is 2.16. The Hall–Kier alpha value is -0.670. The minimum Gasteiger partial charge on any atom is -0.352 e. The van der Waals surface area contributed by atoms with Crippen molar-refractivity contribution in [2.75, 3.05) is 7.11 Å². The number of ketones is 1. The number of ether oxygens (including phenoxy) is 2. The van der Waals surface area contributed by atoms with Gasteiger partial charge in [-0.15, -0.1) is 0 Å². The molecule has 0 bridgehead atoms. The predicted molar refractivity (Wildman–Crippen MR) is 44.7 cm³/mol. The lowest BCUT2D eigenvalue weighted by molar-refractivity contribution is -0.161. The first-order valence-corrected chi connectivity index (χ1v) is 4.05. The Bertz CT molecular complexity index is 196. The molecule has 0 amide bonds. The van der Waals surface area contributed by atoms with E-state index in [1.807, 2.05) is 13.8 Å². The summed E-state index contributed by atoms with van der Waals surface area (Å²) < 4.78 is 10.3. The normalized spacial score (nSPS) is 29.8. The summed E-state index contributed by atoms with van der Waals surface area (Å²) in [4.78, 5) is 11.2. The van der Waals surface area contributed by atoms with E-state index in [1.165, 1.54) is 6.08 Å². The molecule has 0 aromatic heterocycles. The van der Waals surface area contributed by atoms with E-state index in [-0.39, 0.29) is 24.1 Å². The average Bonchev–Trinajstić information content (AvgIpc) is 2.05. The van der Waals surface area contributed by atoms with Crippen molar-refractivity contribution in [3.63, 3.8) is 0 Å². The molecular formula is C9H14O3. The van der Waals surface area contributed by atoms with Crippen molar-refractivity contribution < 1.29 is 14.3 Å². The molecule has 12 heavy (non-hydrogen) atoms. The van der Waals surface area contributed by atoms with Crippen molar-refractivity contribution in [3.05, 3.63) is 12.2 Å². The molecule has 1 aliphatic rings. The minimum absolute atomic E-state index is 0.0262. The van der Waals surface area contributed by atoms with Gasteiger partial charge < -0.3 is 9.47 Å². The summed E-state index contributed by atoms with van der Waals surface area (Å²) in [7, 11) is 1.56. The van der Waals surface area contributed by atoms with Crippen molar-refractivity contribution in [2.24, 2.45) is 5.92 Å². The van der Waals surface area contributed by atoms with Gasteiger partial charge in [0.1, 0.15) is 6.10 Å². The Labute approximate surface area is 72.4 Å². The number of carbonyl (C=O) groups excluding carboxylic acids is 1. The van der Waals surface area contributed by atoms with Crippen LogP contribution in [0.1, 0.15) is 13.8 Å². The predicted octanol–water partition coefficient (Wildman–Crippen LogP) is 1.14. The monoisotopic (exact) mass is 170 g/mol. The van der Waals surface area contributed by atoms with Gasteiger partial charge in [-0.25, -0.2) is 0 Å². The maximum atomic E-state index is 11.2. The zero-order valence-electron chi connectivity index (χ0n) is 7.61. The Morgan fingerprint density at radius 3 is 2.75 bits per heavy atom. The molecule has 2 atom stereocenters. The first-order chi connectivity index (χ1) is 5.65. The highest BCUT2D eigenvalue weighted by atomic mass is 16.7. The lowest BCUT2D eigenvalue weighted by Gasteiger charge is -2.26. The Balaban J connectivity index is 2.66. The van der Waals surface area contributed by atoms with Gasteiger partial charge in [0.2, 0.25) is 0 Å². The smallest absolute Gasteiger partial charge is 0.184 e. The standard InChI is InChI=1S/C9H14O3/c1-6(2)9-7(10)4-5-8(11-3)12-9/h4-6,8-9H,1-3H3/t8-,9+/m1/s1. The third-order valence-corrected chi connectivity index (χ3v) is 1.82. The second-order valence-corrected chi connectivity index (χ2v) is 3.17. The van der Waals surface area contributed by atoms with Crippen LogP contribution in [0.4, 0.5) is 0 Å². The van der Waals surface area contributed by atoms with Gasteiger partial charge in [-0.3, -0.25) is 4.79 Å². The fourth-order valence-electron chi connectivity index (χ4n) is 1.14. The zero-order chi connectivity index (χ0) is 9.14. The lowest BCUT2D eigenvalue weighted by atomic mass is 10.0. The molecule has 0 saturated carbocycles. The van der Waals surface area contributed by atoms with E-state index in [0.717, 1.165) is 0 Å². The van der Waals surface area contributed by atoms with Crippen molar-refractivity contribution in [1.29, 1.82) is 0 Å². The Morgan fingerprint density at radius 2 is 2.25 bits per heavy atom. The van der Waals surface area contributed by atoms with Gasteiger partial charge in [-0.2, -0.15) is 0 Å². The van der Waals surface area contributed by atoms with Crippen molar-refractivity contribution in [1.82, 2.24) is 0 Å². The van der Waals surface area contributed by atoms with Crippen LogP contribution in [0.2, 0.25) is 0 Å². The van der Waals surface area contributed by atoms with Crippen LogP contribution < -0.4 is 0 Å². The molecule has 0 aromatic carbocycles. The first-order valence-electron chi connectivity index (χ1n) is 4.05. The number of hydrogen-bond donors (Lipinski definition) is 0. The molecule has 0 aliphatic carbocycles. The van der Waals surface area contributed by atoms with Gasteiger partial charge in [-0.05, 0) is 18.1 Å². The summed E-state index contributed by atoms with van der Waals surface area (Å²) >= 11 is 0. The second-order valence-electron chi connectivity index (χ2n) is 3.17. The summed E-state index contributed by atoms with van der Waals surface area (Å²) in [5.41, 5.74) is 0. The highest BCUT2D eigenvalue weighted by molar-refractivity contribution is 5.94. The third kappa shape index (κ3) is 1.93. The zero-order valence-corrected chi connectivity index (χ0v) is 7.61. The molecule has 68 valence electrons. The van der Waals surface area contributed by atoms with Crippen molar-refractivity contribution in [3.8, 4) is 0 Å². The topological polar surface area (TPSA) is 35.5 Å². The second kappa shape index (κ2) is 3.83. The number of methoxy groups -OCH3 is 1. The van der Waals surface area contributed by atoms with Crippen LogP contribution >= 0.6 is 0 Å². The number of rotatable bonds is 2. The SMILES string of the molecule is CO[C@H]1C=CC(=O)[C@H](C(C)C)O1. The molecule has 0 N–H and O–H groups in total. The Morgan fingerprint density at radius 1 is 1.58 bits per heavy atom. The van der Waals surface area contributed by atoms with Crippen LogP contribution in [-0.2, 0) is 14.3 Å². The van der Waals surface area contributed by atoms with E-state index >= 15 is 0 Å². The van der Waals surface area contributed by atoms with Gasteiger partial charge in [0.25, 0.3) is 0 Å². The van der Waals surface area contributed by atoms with Crippen LogP contribution in [0.15, 0.2) is 12.2 Å². The summed E-state index contributed by atoms with van der Waals surface area (Å²) in [5, 5.41) is 0. The quantitative estimate of drug-likeness (QED) is 0.623. The van der Waals surface area contributed by atoms with E-state index in [0.29, 0.717) is 0 Å². The van der Waals surface area contributed by atoms with E-state index in [4.69, 9.17) is 9.47 Å². The van der Waals surface area contributed by atoms with Crippen LogP contribution in [-0.4, -0.2) is 25.3 Å². The van der Waals surface area contributed by atoms with Crippen molar-refractivity contribution in [2.45, 2.75) is 26.2 Å². The van der Waals surface area contributed by atoms with Gasteiger partial charge >= 0.3 is 0 Å². The fraction of sp³-hybridized carbons (Fsp3) is 0.667. The van der Waals surface area contributed by atoms with E-state index in [9.17, 15) is 4.79 Å². The molecule has 3 heteroatoms. The maximum Gasteiger partial charge on any atom is 0.184 e. The molecule has 1 heterocycles. The summed E-state index contributed by atoms with van der Waals surface area (Å²) in [6.45, 7) is 3.91. The van der Waals surface area contributed by atoms with E-state index in [2.05, 4.69) is 0 Å². The number of carbonyl (C=O) groups is 1. The first kappa shape index (κ1) is 9.42. The molecule has 3 nitrogen and oxygen atoms in total. The minimum atomic E-state index is -0.366. The third-order valence-electron chi connectivity index (χ3n) is 1.82. The maximum absolute atomic E-state index is 11.2. The molecule has 0 spiro atoms. The molecule has 0 saturated heterocycles. The summed E-state index contributed by atoms with van der Waals surface area (Å²) in [6.07, 6.45) is 2.44. The molecule has 1 aliphatic heterocycles. The van der Waals surface area contributed by atoms with E-state index in [1.54, 1.807) is 13.2 Å². The average molecular weight is 170 g/mol. The van der Waals surface area contributed by atoms with Crippen LogP contribution in [0.3, 0.4) is 0 Å². The summed E-state index contributed by atoms with van der Waals surface area (Å²) in [6, 6.07) is 0. The lowest BCUT2D eigenvalue weighted by Crippen LogP contribution is -2.36. The van der Waals surface area contributed by atoms with Crippen LogP contribution in [0.5, 0.6) is 0 Å². The van der Waals surface area contributed by atoms with Crippen molar-refractivity contribution >= 4 is 5.78 Å². The van der Waals surface area contributed by atoms with E-state index < -0.39 is 0 Å². The number of hydrogen-bond acceptors (Lipinski definition) is 3. The molecule has 0 radical (unpaired) electrons. The molecular weight excluding hydrogens is 156 g/mol. The van der Waals surface area contributed by atoms with Crippen LogP contribution in [0, 0.1) is 5.92 Å². The molecule has 0 aromatic rings. The Kier molecular flexibility index (Phi) is 3.00. The fourth-order valence-corrected chi connectivity index (χ4v) is 1.14. The molecule has 0 unspecified atom stereocenters. The van der Waals surface area contributed by atoms with Gasteiger partial charge in [0.15, 0.2) is 12.1 Å². The molecule has 1 rings (SSSR count). The van der Waals surface area contributed by atoms with Gasteiger partial charge in [0, 0.05) is 7.11 Å².